The highest BCUT2D eigenvalue weighted by molar-refractivity contribution is 5.61. The number of benzene rings is 1. The molecule has 0 radical (unpaired) electrons. The lowest BCUT2D eigenvalue weighted by Crippen LogP contribution is -2.03. The van der Waals surface area contributed by atoms with Gasteiger partial charge in [-0.2, -0.15) is 0 Å². The van der Waals surface area contributed by atoms with Crippen molar-refractivity contribution in [1.82, 2.24) is 0 Å². The molecule has 5 nitrogen and oxygen atoms in total. The third kappa shape index (κ3) is 14.3. The monoisotopic (exact) mass is 261 g/mol. The van der Waals surface area contributed by atoms with Crippen molar-refractivity contribution < 1.29 is 24.1 Å². The largest absolute Gasteiger partial charge is 0.465 e. The van der Waals surface area contributed by atoms with Gasteiger partial charge in [0, 0.05) is 7.11 Å². The van der Waals surface area contributed by atoms with Crippen molar-refractivity contribution in [3.8, 4) is 0 Å². The number of hydrogen-bond donors (Lipinski definition) is 3. The van der Waals surface area contributed by atoms with Gasteiger partial charge in [-0.1, -0.05) is 31.5 Å². The molecule has 0 bridgehead atoms. The Morgan fingerprint density at radius 1 is 1.44 bits per heavy atom. The van der Waals surface area contributed by atoms with Crippen LogP contribution in [-0.2, 0) is 11.2 Å². The molecule has 1 rings (SSSR count). The molecule has 1 aromatic carbocycles. The molecule has 0 saturated carbocycles. The number of aliphatic hydroxyl groups excluding tert-OH is 1. The van der Waals surface area contributed by atoms with Crippen molar-refractivity contribution in [3.05, 3.63) is 35.6 Å². The Balaban J connectivity index is 0. The Kier molecular flexibility index (Phi) is 13.9. The molecule has 0 fully saturated rings. The van der Waals surface area contributed by atoms with Gasteiger partial charge in [0.15, 0.2) is 0 Å². The van der Waals surface area contributed by atoms with Crippen molar-refractivity contribution in [2.24, 2.45) is 5.73 Å². The van der Waals surface area contributed by atoms with Gasteiger partial charge in [-0.3, -0.25) is 0 Å². The van der Waals surface area contributed by atoms with Crippen molar-refractivity contribution in [2.45, 2.75) is 19.8 Å². The van der Waals surface area contributed by atoms with E-state index >= 15 is 0 Å². The van der Waals surface area contributed by atoms with Gasteiger partial charge in [-0.25, -0.2) is 9.18 Å². The van der Waals surface area contributed by atoms with E-state index in [9.17, 15) is 4.39 Å². The van der Waals surface area contributed by atoms with Gasteiger partial charge in [0.1, 0.15) is 12.6 Å². The predicted molar refractivity (Wildman–Crippen MR) is 66.7 cm³/mol. The fourth-order valence-corrected chi connectivity index (χ4v) is 0.970. The fourth-order valence-electron chi connectivity index (χ4n) is 0.970. The Hall–Kier alpha value is -1.66. The average Bonchev–Trinajstić information content (AvgIpc) is 2.32. The summed E-state index contributed by atoms with van der Waals surface area (Å²) in [5.41, 5.74) is 4.85. The zero-order chi connectivity index (χ0) is 14.4. The number of primary amides is 1. The first-order valence-corrected chi connectivity index (χ1v) is 5.31. The Labute approximate surface area is 106 Å². The van der Waals surface area contributed by atoms with Crippen molar-refractivity contribution in [2.75, 3.05) is 13.9 Å². The van der Waals surface area contributed by atoms with Crippen molar-refractivity contribution in [3.63, 3.8) is 0 Å². The summed E-state index contributed by atoms with van der Waals surface area (Å²) in [6, 6.07) is 6.92. The number of aryl methyl sites for hydroxylation is 1. The maximum Gasteiger partial charge on any atom is 0.402 e. The molecule has 0 aliphatic carbocycles. The van der Waals surface area contributed by atoms with Crippen LogP contribution in [0.15, 0.2) is 24.3 Å². The van der Waals surface area contributed by atoms with E-state index in [1.54, 1.807) is 6.07 Å². The summed E-state index contributed by atoms with van der Waals surface area (Å²) >= 11 is 0. The lowest BCUT2D eigenvalue weighted by atomic mass is 10.1. The summed E-state index contributed by atoms with van der Waals surface area (Å²) in [6.45, 7) is 1.87. The maximum absolute atomic E-state index is 12.8. The minimum atomic E-state index is -1.33. The molecule has 1 aromatic rings. The lowest BCUT2D eigenvalue weighted by molar-refractivity contribution is 0.0325. The second kappa shape index (κ2) is 13.4. The van der Waals surface area contributed by atoms with E-state index in [-0.39, 0.29) is 12.6 Å². The van der Waals surface area contributed by atoms with Crippen LogP contribution in [0.1, 0.15) is 18.9 Å². The smallest absolute Gasteiger partial charge is 0.402 e. The highest BCUT2D eigenvalue weighted by Crippen LogP contribution is 2.07. The number of rotatable bonds is 3. The molecule has 0 spiro atoms. The van der Waals surface area contributed by atoms with E-state index in [0.29, 0.717) is 0 Å². The number of nitrogens with two attached hydrogens (primary N) is 1. The van der Waals surface area contributed by atoms with Crippen LogP contribution in [-0.4, -0.2) is 30.2 Å². The van der Waals surface area contributed by atoms with Gasteiger partial charge in [0.05, 0.1) is 0 Å². The highest BCUT2D eigenvalue weighted by Gasteiger charge is 1.96. The first-order chi connectivity index (χ1) is 8.49. The molecule has 0 heterocycles. The molecule has 0 unspecified atom stereocenters. The molecule has 4 N–H and O–H groups in total. The number of halogens is 1. The minimum Gasteiger partial charge on any atom is -0.465 e. The second-order valence-electron chi connectivity index (χ2n) is 3.10. The molecule has 1 amide bonds. The molecule has 6 heteroatoms. The number of amides is 1. The fraction of sp³-hybridized carbons (Fsp3) is 0.417. The van der Waals surface area contributed by atoms with Crippen LogP contribution in [0, 0.1) is 5.82 Å². The van der Waals surface area contributed by atoms with Gasteiger partial charge in [-0.05, 0) is 18.1 Å². The van der Waals surface area contributed by atoms with Gasteiger partial charge < -0.3 is 20.7 Å². The average molecular weight is 261 g/mol. The third-order valence-electron chi connectivity index (χ3n) is 1.61. The van der Waals surface area contributed by atoms with Crippen LogP contribution in [0.5, 0.6) is 0 Å². The normalized spacial score (nSPS) is 8.44. The molecule has 0 atom stereocenters. The number of methoxy groups -OCH3 is 1. The number of carboxylic acid groups (broad SMARTS) is 1. The molecular formula is C12H20FNO4. The Morgan fingerprint density at radius 2 is 1.89 bits per heavy atom. The van der Waals surface area contributed by atoms with E-state index in [0.717, 1.165) is 18.4 Å². The Morgan fingerprint density at radius 3 is 2.22 bits per heavy atom. The van der Waals surface area contributed by atoms with Crippen LogP contribution in [0.2, 0.25) is 0 Å². The van der Waals surface area contributed by atoms with Gasteiger partial charge in [0.25, 0.3) is 0 Å². The summed E-state index contributed by atoms with van der Waals surface area (Å²) in [5, 5.41) is 14.8. The van der Waals surface area contributed by atoms with Gasteiger partial charge >= 0.3 is 6.09 Å². The lowest BCUT2D eigenvalue weighted by Gasteiger charge is -1.97. The maximum atomic E-state index is 12.8. The van der Waals surface area contributed by atoms with E-state index in [4.69, 9.17) is 15.0 Å². The first-order valence-electron chi connectivity index (χ1n) is 5.31. The number of aliphatic hydroxyl groups is 1. The zero-order valence-electron chi connectivity index (χ0n) is 10.6. The Bertz CT molecular complexity index is 315. The summed E-state index contributed by atoms with van der Waals surface area (Å²) in [4.78, 5) is 8.78. The van der Waals surface area contributed by atoms with Crippen LogP contribution < -0.4 is 5.73 Å². The molecular weight excluding hydrogens is 241 g/mol. The topological polar surface area (TPSA) is 92.8 Å². The number of ether oxygens (including phenoxy) is 1. The van der Waals surface area contributed by atoms with E-state index in [1.807, 2.05) is 19.1 Å². The highest BCUT2D eigenvalue weighted by atomic mass is 19.1. The predicted octanol–water partition coefficient (Wildman–Crippen LogP) is 1.98. The quantitative estimate of drug-likeness (QED) is 0.725. The minimum absolute atomic E-state index is 0.0793. The first kappa shape index (κ1) is 18.7. The molecule has 104 valence electrons. The standard InChI is InChI=1S/C9H11F.C2H6O2.CH3NO2/c1-2-5-8-6-3-4-7-9(8)10;1-4-2-3;2-1(3)4/h3-4,6-7H,2,5H2,1H3;3H,2H2,1H3;2H2,(H,3,4). The van der Waals surface area contributed by atoms with Crippen LogP contribution in [0.3, 0.4) is 0 Å². The SMILES string of the molecule is CCCc1ccccc1F.COCO.NC(=O)O. The van der Waals surface area contributed by atoms with E-state index in [2.05, 4.69) is 10.5 Å². The van der Waals surface area contributed by atoms with E-state index < -0.39 is 6.09 Å². The summed E-state index contributed by atoms with van der Waals surface area (Å²) in [7, 11) is 1.43. The third-order valence-corrected chi connectivity index (χ3v) is 1.61. The van der Waals surface area contributed by atoms with Gasteiger partial charge in [0.2, 0.25) is 0 Å². The number of hydrogen-bond acceptors (Lipinski definition) is 3. The van der Waals surface area contributed by atoms with E-state index in [1.165, 1.54) is 13.2 Å². The number of carbonyl (C=O) groups is 1. The van der Waals surface area contributed by atoms with Crippen molar-refractivity contribution >= 4 is 6.09 Å². The van der Waals surface area contributed by atoms with Crippen molar-refractivity contribution in [1.29, 1.82) is 0 Å². The molecule has 0 saturated heterocycles. The molecule has 0 aliphatic heterocycles. The van der Waals surface area contributed by atoms with Gasteiger partial charge in [-0.15, -0.1) is 0 Å². The second-order valence-corrected chi connectivity index (χ2v) is 3.10. The van der Waals surface area contributed by atoms with Crippen LogP contribution in [0.25, 0.3) is 0 Å². The zero-order valence-corrected chi connectivity index (χ0v) is 10.6. The summed E-state index contributed by atoms with van der Waals surface area (Å²) in [6.07, 6.45) is 0.508. The summed E-state index contributed by atoms with van der Waals surface area (Å²) in [5.74, 6) is -0.0793. The molecule has 18 heavy (non-hydrogen) atoms. The molecule has 0 aliphatic rings. The van der Waals surface area contributed by atoms with Crippen LogP contribution >= 0.6 is 0 Å². The summed E-state index contributed by atoms with van der Waals surface area (Å²) < 4.78 is 16.9. The van der Waals surface area contributed by atoms with Crippen LogP contribution in [0.4, 0.5) is 9.18 Å². The molecule has 0 aromatic heterocycles.